The van der Waals surface area contributed by atoms with Gasteiger partial charge in [-0.1, -0.05) is 23.9 Å². The Kier molecular flexibility index (Phi) is 5.44. The van der Waals surface area contributed by atoms with E-state index in [1.54, 1.807) is 43.1 Å². The molecule has 1 aliphatic rings. The van der Waals surface area contributed by atoms with E-state index in [0.717, 1.165) is 12.8 Å². The minimum absolute atomic E-state index is 0.0459. The number of para-hydroxylation sites is 1. The van der Waals surface area contributed by atoms with Gasteiger partial charge in [0.05, 0.1) is 36.6 Å². The highest BCUT2D eigenvalue weighted by Crippen LogP contribution is 2.37. The zero-order chi connectivity index (χ0) is 20.4. The van der Waals surface area contributed by atoms with Crippen molar-refractivity contribution in [2.75, 3.05) is 25.3 Å². The van der Waals surface area contributed by atoms with Crippen molar-refractivity contribution in [1.29, 1.82) is 0 Å². The number of nitrogens with zero attached hydrogens (tertiary/aromatic N) is 2. The van der Waals surface area contributed by atoms with E-state index in [-0.39, 0.29) is 23.3 Å². The molecule has 150 valence electrons. The Morgan fingerprint density at radius 2 is 2.00 bits per heavy atom. The van der Waals surface area contributed by atoms with Crippen LogP contribution in [0.2, 0.25) is 0 Å². The third-order valence-electron chi connectivity index (χ3n) is 4.70. The van der Waals surface area contributed by atoms with Crippen LogP contribution in [0.4, 0.5) is 5.69 Å². The third-order valence-corrected chi connectivity index (χ3v) is 5.65. The van der Waals surface area contributed by atoms with Crippen LogP contribution in [0.5, 0.6) is 11.5 Å². The zero-order valence-electron chi connectivity index (χ0n) is 16.2. The Labute approximate surface area is 172 Å². The molecule has 0 bridgehead atoms. The van der Waals surface area contributed by atoms with Crippen LogP contribution in [0.25, 0.3) is 10.9 Å². The number of methoxy groups -OCH3 is 2. The molecule has 0 saturated heterocycles. The van der Waals surface area contributed by atoms with Crippen LogP contribution >= 0.6 is 11.8 Å². The number of nitrogens with one attached hydrogen (secondary N) is 1. The molecule has 0 aliphatic heterocycles. The van der Waals surface area contributed by atoms with Gasteiger partial charge in [-0.15, -0.1) is 0 Å². The van der Waals surface area contributed by atoms with Crippen molar-refractivity contribution in [1.82, 2.24) is 9.55 Å². The summed E-state index contributed by atoms with van der Waals surface area (Å²) in [5.74, 6) is 1.07. The van der Waals surface area contributed by atoms with Gasteiger partial charge < -0.3 is 14.8 Å². The second-order valence-corrected chi connectivity index (χ2v) is 7.66. The zero-order valence-corrected chi connectivity index (χ0v) is 17.0. The van der Waals surface area contributed by atoms with Gasteiger partial charge in [-0.3, -0.25) is 14.2 Å². The normalized spacial score (nSPS) is 13.3. The lowest BCUT2D eigenvalue weighted by molar-refractivity contribution is -0.113. The molecule has 1 heterocycles. The molecule has 29 heavy (non-hydrogen) atoms. The number of hydrogen-bond acceptors (Lipinski definition) is 6. The number of carbonyl (C=O) groups is 1. The molecule has 1 fully saturated rings. The van der Waals surface area contributed by atoms with Crippen LogP contribution in [0.3, 0.4) is 0 Å². The van der Waals surface area contributed by atoms with Crippen LogP contribution in [0.1, 0.15) is 18.9 Å². The number of fused-ring (bicyclic) bond motifs is 1. The van der Waals surface area contributed by atoms with E-state index in [9.17, 15) is 9.59 Å². The predicted molar refractivity (Wildman–Crippen MR) is 113 cm³/mol. The molecule has 8 heteroatoms. The predicted octanol–water partition coefficient (Wildman–Crippen LogP) is 3.48. The van der Waals surface area contributed by atoms with Crippen LogP contribution < -0.4 is 20.3 Å². The minimum atomic E-state index is -0.216. The maximum Gasteiger partial charge on any atom is 0.262 e. The first-order chi connectivity index (χ1) is 14.1. The largest absolute Gasteiger partial charge is 0.497 e. The SMILES string of the molecule is COc1ccc(OC)c(NC(=O)CSc2nc3ccccc3c(=O)n2C2CC2)c1. The number of carbonyl (C=O) groups excluding carboxylic acids is 1. The number of amides is 1. The Hall–Kier alpha value is -3.00. The molecule has 0 radical (unpaired) electrons. The highest BCUT2D eigenvalue weighted by molar-refractivity contribution is 7.99. The first-order valence-electron chi connectivity index (χ1n) is 9.26. The lowest BCUT2D eigenvalue weighted by atomic mass is 10.2. The molecular formula is C21H21N3O4S. The van der Waals surface area contributed by atoms with Crippen molar-refractivity contribution in [3.05, 3.63) is 52.8 Å². The van der Waals surface area contributed by atoms with Crippen LogP contribution in [0.15, 0.2) is 52.4 Å². The fraction of sp³-hybridized carbons (Fsp3) is 0.286. The summed E-state index contributed by atoms with van der Waals surface area (Å²) in [7, 11) is 3.10. The molecule has 1 saturated carbocycles. The molecule has 0 atom stereocenters. The lowest BCUT2D eigenvalue weighted by Crippen LogP contribution is -2.23. The van der Waals surface area contributed by atoms with Crippen LogP contribution in [0, 0.1) is 0 Å². The molecule has 2 aromatic carbocycles. The summed E-state index contributed by atoms with van der Waals surface area (Å²) in [6.45, 7) is 0. The maximum atomic E-state index is 12.9. The molecule has 0 unspecified atom stereocenters. The Morgan fingerprint density at radius 1 is 1.21 bits per heavy atom. The van der Waals surface area contributed by atoms with Crippen molar-refractivity contribution in [3.8, 4) is 11.5 Å². The summed E-state index contributed by atoms with van der Waals surface area (Å²) in [4.78, 5) is 30.1. The van der Waals surface area contributed by atoms with Gasteiger partial charge in [0, 0.05) is 12.1 Å². The van der Waals surface area contributed by atoms with Gasteiger partial charge >= 0.3 is 0 Å². The maximum absolute atomic E-state index is 12.9. The summed E-state index contributed by atoms with van der Waals surface area (Å²) < 4.78 is 12.2. The number of ether oxygens (including phenoxy) is 2. The summed E-state index contributed by atoms with van der Waals surface area (Å²) >= 11 is 1.26. The van der Waals surface area contributed by atoms with Crippen molar-refractivity contribution >= 4 is 34.3 Å². The van der Waals surface area contributed by atoms with E-state index >= 15 is 0 Å². The van der Waals surface area contributed by atoms with Crippen molar-refractivity contribution < 1.29 is 14.3 Å². The number of thioether (sulfide) groups is 1. The van der Waals surface area contributed by atoms with Crippen molar-refractivity contribution in [2.24, 2.45) is 0 Å². The number of anilines is 1. The summed E-state index contributed by atoms with van der Waals surface area (Å²) in [6, 6.07) is 12.7. The highest BCUT2D eigenvalue weighted by Gasteiger charge is 2.28. The van der Waals surface area contributed by atoms with Gasteiger partial charge in [-0.2, -0.15) is 0 Å². The second kappa shape index (κ2) is 8.16. The van der Waals surface area contributed by atoms with Crippen LogP contribution in [-0.4, -0.2) is 35.4 Å². The minimum Gasteiger partial charge on any atom is -0.497 e. The summed E-state index contributed by atoms with van der Waals surface area (Å²) in [5.41, 5.74) is 1.13. The molecule has 1 amide bonds. The smallest absolute Gasteiger partial charge is 0.262 e. The van der Waals surface area contributed by atoms with E-state index in [0.29, 0.717) is 33.2 Å². The fourth-order valence-corrected chi connectivity index (χ4v) is 3.98. The second-order valence-electron chi connectivity index (χ2n) is 6.72. The molecule has 1 aromatic heterocycles. The topological polar surface area (TPSA) is 82.5 Å². The van der Waals surface area contributed by atoms with Gasteiger partial charge in [-0.05, 0) is 37.1 Å². The van der Waals surface area contributed by atoms with E-state index in [1.807, 2.05) is 18.2 Å². The Bertz CT molecular complexity index is 1120. The Morgan fingerprint density at radius 3 is 2.72 bits per heavy atom. The first kappa shape index (κ1) is 19.3. The van der Waals surface area contributed by atoms with Gasteiger partial charge in [-0.25, -0.2) is 4.98 Å². The average molecular weight is 411 g/mol. The van der Waals surface area contributed by atoms with Gasteiger partial charge in [0.25, 0.3) is 5.56 Å². The lowest BCUT2D eigenvalue weighted by Gasteiger charge is -2.13. The molecule has 1 N–H and O–H groups in total. The first-order valence-corrected chi connectivity index (χ1v) is 10.2. The molecule has 4 rings (SSSR count). The van der Waals surface area contributed by atoms with E-state index in [2.05, 4.69) is 10.3 Å². The van der Waals surface area contributed by atoms with Crippen molar-refractivity contribution in [2.45, 2.75) is 24.0 Å². The summed E-state index contributed by atoms with van der Waals surface area (Å²) in [6.07, 6.45) is 1.92. The number of aromatic nitrogens is 2. The van der Waals surface area contributed by atoms with Crippen LogP contribution in [-0.2, 0) is 4.79 Å². The summed E-state index contributed by atoms with van der Waals surface area (Å²) in [5, 5.41) is 4.02. The van der Waals surface area contributed by atoms with E-state index in [4.69, 9.17) is 9.47 Å². The third kappa shape index (κ3) is 4.07. The number of benzene rings is 2. The average Bonchev–Trinajstić information content (AvgIpc) is 3.57. The fourth-order valence-electron chi connectivity index (χ4n) is 3.11. The number of hydrogen-bond donors (Lipinski definition) is 1. The van der Waals surface area contributed by atoms with Gasteiger partial charge in [0.15, 0.2) is 5.16 Å². The quantitative estimate of drug-likeness (QED) is 0.473. The molecular weight excluding hydrogens is 390 g/mol. The van der Waals surface area contributed by atoms with E-state index in [1.165, 1.54) is 11.8 Å². The molecule has 3 aromatic rings. The number of rotatable bonds is 7. The van der Waals surface area contributed by atoms with E-state index < -0.39 is 0 Å². The highest BCUT2D eigenvalue weighted by atomic mass is 32.2. The molecule has 7 nitrogen and oxygen atoms in total. The molecule has 1 aliphatic carbocycles. The van der Waals surface area contributed by atoms with Crippen molar-refractivity contribution in [3.63, 3.8) is 0 Å². The molecule has 0 spiro atoms. The monoisotopic (exact) mass is 411 g/mol. The Balaban J connectivity index is 1.55. The van der Waals surface area contributed by atoms with Gasteiger partial charge in [0.1, 0.15) is 11.5 Å². The van der Waals surface area contributed by atoms with Gasteiger partial charge in [0.2, 0.25) is 5.91 Å². The standard InChI is InChI=1S/C21H21N3O4S/c1-27-14-9-10-18(28-2)17(11-14)22-19(25)12-29-21-23-16-6-4-3-5-15(16)20(26)24(21)13-7-8-13/h3-6,9-11,13H,7-8,12H2,1-2H3,(H,22,25).